The van der Waals surface area contributed by atoms with Gasteiger partial charge in [-0.1, -0.05) is 59.0 Å². The number of carbonyl (C=O) groups is 3. The minimum absolute atomic E-state index is 0.00858. The lowest BCUT2D eigenvalue weighted by atomic mass is 9.96. The second-order valence-electron chi connectivity index (χ2n) is 6.24. The lowest BCUT2D eigenvalue weighted by Crippen LogP contribution is -2.74. The zero-order valence-electron chi connectivity index (χ0n) is 14.8. The first-order chi connectivity index (χ1) is 13.5. The highest BCUT2D eigenvalue weighted by Crippen LogP contribution is 2.25. The van der Waals surface area contributed by atoms with Gasteiger partial charge in [-0.05, 0) is 17.0 Å². The Balaban J connectivity index is 1.54. The minimum atomic E-state index is -1.69. The summed E-state index contributed by atoms with van der Waals surface area (Å²) in [4.78, 5) is 38.7. The molecular formula is C19H19IN2O5S. The summed E-state index contributed by atoms with van der Waals surface area (Å²) >= 11 is 3.52. The van der Waals surface area contributed by atoms with Crippen molar-refractivity contribution in [1.82, 2.24) is 10.2 Å². The van der Waals surface area contributed by atoms with Crippen LogP contribution in [-0.2, 0) is 32.1 Å². The number of carbonyl (C=O) groups excluding carboxylic acids is 3. The first-order valence-corrected chi connectivity index (χ1v) is 11.0. The van der Waals surface area contributed by atoms with Crippen molar-refractivity contribution in [1.29, 1.82) is 0 Å². The number of nitrogens with one attached hydrogen (secondary N) is 1. The number of rotatable bonds is 8. The van der Waals surface area contributed by atoms with Gasteiger partial charge in [0.05, 0.1) is 12.5 Å². The van der Waals surface area contributed by atoms with Gasteiger partial charge < -0.3 is 15.2 Å². The predicted octanol–water partition coefficient (Wildman–Crippen LogP) is 1.48. The Morgan fingerprint density at radius 2 is 2.00 bits per heavy atom. The van der Waals surface area contributed by atoms with E-state index in [9.17, 15) is 19.5 Å². The zero-order valence-corrected chi connectivity index (χ0v) is 17.8. The molecule has 2 N–H and O–H groups in total. The SMILES string of the molecule is O=C(Cc1cccs1)NC1C(=O)N(C(O)C(=O)OCc2ccccc2)C1CI. The predicted molar refractivity (Wildman–Crippen MR) is 112 cm³/mol. The molecule has 1 aromatic heterocycles. The molecule has 1 fully saturated rings. The average Bonchev–Trinajstić information content (AvgIpc) is 3.21. The maximum atomic E-state index is 12.4. The van der Waals surface area contributed by atoms with Crippen molar-refractivity contribution >= 4 is 51.7 Å². The van der Waals surface area contributed by atoms with Crippen molar-refractivity contribution in [2.45, 2.75) is 31.3 Å². The highest BCUT2D eigenvalue weighted by molar-refractivity contribution is 14.1. The van der Waals surface area contributed by atoms with Crippen LogP contribution in [0.15, 0.2) is 47.8 Å². The van der Waals surface area contributed by atoms with E-state index in [0.717, 1.165) is 15.3 Å². The van der Waals surface area contributed by atoms with E-state index in [-0.39, 0.29) is 18.9 Å². The lowest BCUT2D eigenvalue weighted by molar-refractivity contribution is -0.186. The Bertz CT molecular complexity index is 830. The normalized spacial score (nSPS) is 19.6. The average molecular weight is 514 g/mol. The standard InChI is InChI=1S/C19H19IN2O5S/c20-10-14-16(21-15(23)9-13-7-4-8-28-13)17(24)22(14)18(25)19(26)27-11-12-5-2-1-3-6-12/h1-8,14,16,18,25H,9-11H2,(H,21,23). The monoisotopic (exact) mass is 514 g/mol. The summed E-state index contributed by atoms with van der Waals surface area (Å²) in [5.41, 5.74) is 0.780. The molecule has 2 amide bonds. The largest absolute Gasteiger partial charge is 0.457 e. The quantitative estimate of drug-likeness (QED) is 0.241. The number of hydrogen-bond acceptors (Lipinski definition) is 6. The van der Waals surface area contributed by atoms with Crippen molar-refractivity contribution in [2.75, 3.05) is 4.43 Å². The van der Waals surface area contributed by atoms with Crippen LogP contribution in [0, 0.1) is 0 Å². The maximum Gasteiger partial charge on any atom is 0.356 e. The molecule has 0 radical (unpaired) electrons. The second kappa shape index (κ2) is 9.48. The zero-order chi connectivity index (χ0) is 20.1. The molecule has 0 spiro atoms. The molecule has 7 nitrogen and oxygen atoms in total. The molecule has 0 bridgehead atoms. The molecule has 28 heavy (non-hydrogen) atoms. The molecular weight excluding hydrogens is 495 g/mol. The molecule has 148 valence electrons. The lowest BCUT2D eigenvalue weighted by Gasteiger charge is -2.47. The second-order valence-corrected chi connectivity index (χ2v) is 8.15. The summed E-state index contributed by atoms with van der Waals surface area (Å²) < 4.78 is 5.56. The van der Waals surface area contributed by atoms with Crippen LogP contribution in [-0.4, -0.2) is 50.5 Å². The fraction of sp³-hybridized carbons (Fsp3) is 0.316. The molecule has 1 aliphatic heterocycles. The topological polar surface area (TPSA) is 95.9 Å². The van der Waals surface area contributed by atoms with Gasteiger partial charge in [0.25, 0.3) is 0 Å². The van der Waals surface area contributed by atoms with E-state index < -0.39 is 30.2 Å². The molecule has 0 aliphatic carbocycles. The summed E-state index contributed by atoms with van der Waals surface area (Å²) in [7, 11) is 0. The van der Waals surface area contributed by atoms with Crippen LogP contribution in [0.3, 0.4) is 0 Å². The van der Waals surface area contributed by atoms with Crippen LogP contribution >= 0.6 is 33.9 Å². The number of alkyl halides is 1. The van der Waals surface area contributed by atoms with Gasteiger partial charge in [-0.15, -0.1) is 11.3 Å². The molecule has 1 aliphatic rings. The fourth-order valence-electron chi connectivity index (χ4n) is 2.90. The number of likely N-dealkylation sites (tertiary alicyclic amines) is 1. The molecule has 3 unspecified atom stereocenters. The van der Waals surface area contributed by atoms with E-state index in [2.05, 4.69) is 27.9 Å². The number of nitrogens with zero attached hydrogens (tertiary/aromatic N) is 1. The van der Waals surface area contributed by atoms with Crippen molar-refractivity contribution in [3.05, 3.63) is 58.3 Å². The molecule has 3 rings (SSSR count). The third kappa shape index (κ3) is 4.70. The fourth-order valence-corrected chi connectivity index (χ4v) is 4.54. The van der Waals surface area contributed by atoms with Crippen LogP contribution in [0.5, 0.6) is 0 Å². The number of benzene rings is 1. The Morgan fingerprint density at radius 1 is 1.25 bits per heavy atom. The molecule has 2 heterocycles. The first-order valence-electron chi connectivity index (χ1n) is 8.59. The Kier molecular flexibility index (Phi) is 7.03. The van der Waals surface area contributed by atoms with Crippen LogP contribution < -0.4 is 5.32 Å². The van der Waals surface area contributed by atoms with Gasteiger partial charge in [0.1, 0.15) is 12.6 Å². The number of esters is 1. The third-order valence-corrected chi connectivity index (χ3v) is 6.13. The highest BCUT2D eigenvalue weighted by Gasteiger charge is 2.52. The Labute approximate surface area is 179 Å². The maximum absolute atomic E-state index is 12.4. The number of amides is 2. The number of β-lactam (4-membered cyclic amide) rings is 1. The van der Waals surface area contributed by atoms with Gasteiger partial charge in [-0.3, -0.25) is 14.5 Å². The molecule has 0 saturated carbocycles. The van der Waals surface area contributed by atoms with Gasteiger partial charge in [-0.2, -0.15) is 0 Å². The molecule has 3 atom stereocenters. The summed E-state index contributed by atoms with van der Waals surface area (Å²) in [5.74, 6) is -1.66. The van der Waals surface area contributed by atoms with Gasteiger partial charge in [0.2, 0.25) is 18.0 Å². The van der Waals surface area contributed by atoms with Crippen molar-refractivity contribution < 1.29 is 24.2 Å². The van der Waals surface area contributed by atoms with Gasteiger partial charge in [0, 0.05) is 9.30 Å². The van der Waals surface area contributed by atoms with Crippen molar-refractivity contribution in [3.8, 4) is 0 Å². The van der Waals surface area contributed by atoms with Crippen molar-refractivity contribution in [3.63, 3.8) is 0 Å². The summed E-state index contributed by atoms with van der Waals surface area (Å²) in [6.45, 7) is 0.00858. The van der Waals surface area contributed by atoms with E-state index in [0.29, 0.717) is 4.43 Å². The first kappa shape index (κ1) is 20.7. The van der Waals surface area contributed by atoms with Crippen molar-refractivity contribution in [2.24, 2.45) is 0 Å². The van der Waals surface area contributed by atoms with E-state index in [1.165, 1.54) is 11.3 Å². The van der Waals surface area contributed by atoms with Gasteiger partial charge in [-0.25, -0.2) is 4.79 Å². The van der Waals surface area contributed by atoms with Gasteiger partial charge in [0.15, 0.2) is 0 Å². The van der Waals surface area contributed by atoms with E-state index in [1.807, 2.05) is 35.7 Å². The summed E-state index contributed by atoms with van der Waals surface area (Å²) in [5, 5.41) is 14.8. The molecule has 2 aromatic rings. The van der Waals surface area contributed by atoms with Gasteiger partial charge >= 0.3 is 5.97 Å². The minimum Gasteiger partial charge on any atom is -0.457 e. The third-order valence-electron chi connectivity index (χ3n) is 4.35. The Morgan fingerprint density at radius 3 is 2.64 bits per heavy atom. The number of thiophene rings is 1. The smallest absolute Gasteiger partial charge is 0.356 e. The van der Waals surface area contributed by atoms with Crippen LogP contribution in [0.25, 0.3) is 0 Å². The molecule has 9 heteroatoms. The number of aliphatic hydroxyl groups is 1. The van der Waals surface area contributed by atoms with Crippen LogP contribution in [0.2, 0.25) is 0 Å². The summed E-state index contributed by atoms with van der Waals surface area (Å²) in [6, 6.07) is 11.5. The van der Waals surface area contributed by atoms with E-state index in [4.69, 9.17) is 4.74 Å². The highest BCUT2D eigenvalue weighted by atomic mass is 127. The Hall–Kier alpha value is -1.98. The van der Waals surface area contributed by atoms with Crippen LogP contribution in [0.1, 0.15) is 10.4 Å². The molecule has 1 aromatic carbocycles. The number of ether oxygens (including phenoxy) is 1. The number of halogens is 1. The van der Waals surface area contributed by atoms with Crippen LogP contribution in [0.4, 0.5) is 0 Å². The summed E-state index contributed by atoms with van der Waals surface area (Å²) in [6.07, 6.45) is -1.50. The van der Waals surface area contributed by atoms with E-state index in [1.54, 1.807) is 12.1 Å². The van der Waals surface area contributed by atoms with E-state index >= 15 is 0 Å². The number of hydrogen-bond donors (Lipinski definition) is 2. The number of aliphatic hydroxyl groups excluding tert-OH is 1. The molecule has 1 saturated heterocycles.